The minimum absolute atomic E-state index is 0.254. The van der Waals surface area contributed by atoms with Crippen LogP contribution in [0.4, 0.5) is 0 Å². The Hall–Kier alpha value is -0.485. The molecule has 0 amide bonds. The first-order valence-electron chi connectivity index (χ1n) is 3.22. The van der Waals surface area contributed by atoms with Crippen LogP contribution in [0, 0.1) is 17.2 Å². The maximum atomic E-state index is 8.47. The molecule has 1 heterocycles. The summed E-state index contributed by atoms with van der Waals surface area (Å²) in [6, 6.07) is 2.24. The zero-order valence-electron chi connectivity index (χ0n) is 5.38. The molecule has 9 heavy (non-hydrogen) atoms. The van der Waals surface area contributed by atoms with Gasteiger partial charge in [0.05, 0.1) is 6.07 Å². The molecule has 2 radical (unpaired) electrons. The summed E-state index contributed by atoms with van der Waals surface area (Å²) in [5.41, 5.74) is 0. The maximum absolute atomic E-state index is 8.47. The predicted octanol–water partition coefficient (Wildman–Crippen LogP) is 0.305. The van der Waals surface area contributed by atoms with Crippen LogP contribution in [0.3, 0.4) is 0 Å². The summed E-state index contributed by atoms with van der Waals surface area (Å²) >= 11 is 0. The largest absolute Gasteiger partial charge is 0.353 e. The van der Waals surface area contributed by atoms with Crippen LogP contribution in [-0.4, -0.2) is 25.9 Å². The Labute approximate surface area is 56.9 Å². The van der Waals surface area contributed by atoms with Gasteiger partial charge in [0.25, 0.3) is 0 Å². The smallest absolute Gasteiger partial charge is 0.182 e. The van der Waals surface area contributed by atoms with Crippen LogP contribution < -0.4 is 0 Å². The predicted molar refractivity (Wildman–Crippen MR) is 35.7 cm³/mol. The first kappa shape index (κ1) is 6.63. The average molecular weight is 120 g/mol. The van der Waals surface area contributed by atoms with Crippen LogP contribution in [0.1, 0.15) is 12.8 Å². The molecule has 0 bridgehead atoms. The Morgan fingerprint density at radius 3 is 2.44 bits per heavy atom. The molecule has 0 saturated carbocycles. The molecule has 0 aromatic heterocycles. The Morgan fingerprint density at radius 2 is 2.00 bits per heavy atom. The van der Waals surface area contributed by atoms with Crippen molar-refractivity contribution in [3.63, 3.8) is 0 Å². The van der Waals surface area contributed by atoms with Gasteiger partial charge in [-0.25, -0.2) is 0 Å². The average Bonchev–Trinajstić information content (AvgIpc) is 1.90. The van der Waals surface area contributed by atoms with Gasteiger partial charge in [-0.15, -0.1) is 0 Å². The van der Waals surface area contributed by atoms with Gasteiger partial charge in [-0.3, -0.25) is 0 Å². The molecule has 1 fully saturated rings. The lowest BCUT2D eigenvalue weighted by molar-refractivity contribution is 0.324. The van der Waals surface area contributed by atoms with E-state index in [-0.39, 0.29) is 5.92 Å². The van der Waals surface area contributed by atoms with Crippen LogP contribution in [0.2, 0.25) is 0 Å². The lowest BCUT2D eigenvalue weighted by Gasteiger charge is -2.25. The van der Waals surface area contributed by atoms with Crippen molar-refractivity contribution in [3.8, 4) is 6.07 Å². The normalized spacial score (nSPS) is 23.4. The van der Waals surface area contributed by atoms with Crippen molar-refractivity contribution in [2.45, 2.75) is 12.8 Å². The first-order chi connectivity index (χ1) is 4.33. The Morgan fingerprint density at radius 1 is 1.44 bits per heavy atom. The molecule has 0 spiro atoms. The molecule has 0 unspecified atom stereocenters. The van der Waals surface area contributed by atoms with E-state index >= 15 is 0 Å². The molecule has 0 aromatic rings. The fourth-order valence-electron chi connectivity index (χ4n) is 1.03. The van der Waals surface area contributed by atoms with E-state index in [1.807, 2.05) is 0 Å². The van der Waals surface area contributed by atoms with Gasteiger partial charge in [-0.2, -0.15) is 5.26 Å². The van der Waals surface area contributed by atoms with Crippen molar-refractivity contribution >= 4 is 7.98 Å². The maximum Gasteiger partial charge on any atom is 0.182 e. The third kappa shape index (κ3) is 1.72. The third-order valence-corrected chi connectivity index (χ3v) is 1.71. The van der Waals surface area contributed by atoms with Gasteiger partial charge < -0.3 is 4.81 Å². The first-order valence-corrected chi connectivity index (χ1v) is 3.22. The molecule has 1 rings (SSSR count). The Bertz CT molecular complexity index is 122. The second kappa shape index (κ2) is 2.88. The molecular weight excluding hydrogens is 111 g/mol. The summed E-state index contributed by atoms with van der Waals surface area (Å²) in [5.74, 6) is 0.254. The zero-order chi connectivity index (χ0) is 6.69. The molecule has 1 aliphatic heterocycles. The molecule has 0 N–H and O–H groups in total. The van der Waals surface area contributed by atoms with Crippen LogP contribution in [0.15, 0.2) is 0 Å². The summed E-state index contributed by atoms with van der Waals surface area (Å²) in [6.07, 6.45) is 1.88. The van der Waals surface area contributed by atoms with Gasteiger partial charge in [-0.05, 0) is 25.9 Å². The highest BCUT2D eigenvalue weighted by Crippen LogP contribution is 2.13. The van der Waals surface area contributed by atoms with Crippen LogP contribution in [0.25, 0.3) is 0 Å². The number of rotatable bonds is 0. The fourth-order valence-corrected chi connectivity index (χ4v) is 1.03. The topological polar surface area (TPSA) is 27.0 Å². The molecule has 0 aliphatic carbocycles. The molecule has 0 aromatic carbocycles. The summed E-state index contributed by atoms with van der Waals surface area (Å²) < 4.78 is 0. The van der Waals surface area contributed by atoms with Gasteiger partial charge in [0, 0.05) is 5.92 Å². The molecule has 1 saturated heterocycles. The summed E-state index contributed by atoms with van der Waals surface area (Å²) in [5, 5.41) is 8.47. The van der Waals surface area contributed by atoms with Gasteiger partial charge >= 0.3 is 0 Å². The third-order valence-electron chi connectivity index (χ3n) is 1.71. The lowest BCUT2D eigenvalue weighted by Crippen LogP contribution is -2.30. The quantitative estimate of drug-likeness (QED) is 0.430. The van der Waals surface area contributed by atoms with Crippen molar-refractivity contribution in [1.82, 2.24) is 4.81 Å². The molecule has 0 atom stereocenters. The monoisotopic (exact) mass is 120 g/mol. The van der Waals surface area contributed by atoms with E-state index in [2.05, 4.69) is 6.07 Å². The van der Waals surface area contributed by atoms with Gasteiger partial charge in [-0.1, -0.05) is 0 Å². The number of piperidine rings is 1. The number of nitrogens with zero attached hydrogens (tertiary/aromatic N) is 2. The highest BCUT2D eigenvalue weighted by atomic mass is 15.0. The molecule has 3 heteroatoms. The van der Waals surface area contributed by atoms with E-state index in [0.29, 0.717) is 0 Å². The standard InChI is InChI=1S/C6H9BN2/c7-9-3-1-6(5-8)2-4-9/h6H,1-4H2. The fraction of sp³-hybridized carbons (Fsp3) is 0.833. The van der Waals surface area contributed by atoms with E-state index in [1.165, 1.54) is 0 Å². The summed E-state index contributed by atoms with van der Waals surface area (Å²) in [4.78, 5) is 1.77. The van der Waals surface area contributed by atoms with Crippen LogP contribution >= 0.6 is 0 Å². The highest BCUT2D eigenvalue weighted by molar-refractivity contribution is 6.04. The Balaban J connectivity index is 2.28. The van der Waals surface area contributed by atoms with E-state index in [1.54, 1.807) is 4.81 Å². The zero-order valence-corrected chi connectivity index (χ0v) is 5.38. The number of hydrogen-bond donors (Lipinski definition) is 0. The minimum Gasteiger partial charge on any atom is -0.353 e. The number of hydrogen-bond acceptors (Lipinski definition) is 2. The molecule has 1 aliphatic rings. The van der Waals surface area contributed by atoms with Crippen LogP contribution in [-0.2, 0) is 0 Å². The van der Waals surface area contributed by atoms with E-state index in [4.69, 9.17) is 13.2 Å². The van der Waals surface area contributed by atoms with Gasteiger partial charge in [0.15, 0.2) is 7.98 Å². The van der Waals surface area contributed by atoms with Crippen molar-refractivity contribution in [3.05, 3.63) is 0 Å². The highest BCUT2D eigenvalue weighted by Gasteiger charge is 2.14. The summed E-state index contributed by atoms with van der Waals surface area (Å²) in [7, 11) is 5.48. The van der Waals surface area contributed by atoms with E-state index in [0.717, 1.165) is 25.9 Å². The number of nitriles is 1. The van der Waals surface area contributed by atoms with Gasteiger partial charge in [0.2, 0.25) is 0 Å². The lowest BCUT2D eigenvalue weighted by atomic mass is 9.97. The van der Waals surface area contributed by atoms with Gasteiger partial charge in [0.1, 0.15) is 0 Å². The van der Waals surface area contributed by atoms with E-state index < -0.39 is 0 Å². The summed E-state index contributed by atoms with van der Waals surface area (Å²) in [6.45, 7) is 1.75. The van der Waals surface area contributed by atoms with Crippen molar-refractivity contribution in [1.29, 1.82) is 5.26 Å². The molecule has 2 nitrogen and oxygen atoms in total. The van der Waals surface area contributed by atoms with E-state index in [9.17, 15) is 0 Å². The minimum atomic E-state index is 0.254. The molecule has 46 valence electrons. The SMILES string of the molecule is [B]N1CCC(C#N)CC1. The van der Waals surface area contributed by atoms with Crippen LogP contribution in [0.5, 0.6) is 0 Å². The molecular formula is C6H9BN2. The van der Waals surface area contributed by atoms with Crippen molar-refractivity contribution in [2.75, 3.05) is 13.1 Å². The second-order valence-corrected chi connectivity index (χ2v) is 2.44. The Kier molecular flexibility index (Phi) is 2.13. The van der Waals surface area contributed by atoms with Crippen molar-refractivity contribution in [2.24, 2.45) is 5.92 Å². The second-order valence-electron chi connectivity index (χ2n) is 2.44. The van der Waals surface area contributed by atoms with Crippen molar-refractivity contribution < 1.29 is 0 Å².